The number of fused-ring (bicyclic) bond motifs is 1. The average molecular weight is 386 g/mol. The number of alkyl halides is 3. The van der Waals surface area contributed by atoms with Crippen molar-refractivity contribution in [3.05, 3.63) is 59.4 Å². The molecular weight excluding hydrogens is 373 g/mol. The number of nitrogens with zero attached hydrogens (tertiary/aromatic N) is 5. The highest BCUT2D eigenvalue weighted by Crippen LogP contribution is 2.39. The molecule has 0 radical (unpaired) electrons. The van der Waals surface area contributed by atoms with E-state index in [1.165, 1.54) is 42.0 Å². The normalized spacial score (nSPS) is 13.8. The molecule has 2 aromatic heterocycles. The van der Waals surface area contributed by atoms with E-state index < -0.39 is 17.6 Å². The molecule has 1 aromatic carbocycles. The zero-order valence-electron chi connectivity index (χ0n) is 14.3. The lowest BCUT2D eigenvalue weighted by Crippen LogP contribution is -2.15. The van der Waals surface area contributed by atoms with Crippen molar-refractivity contribution in [2.75, 3.05) is 0 Å². The molecule has 0 aliphatic heterocycles. The lowest BCUT2D eigenvalue weighted by Gasteiger charge is -2.23. The number of benzene rings is 1. The zero-order valence-corrected chi connectivity index (χ0v) is 14.3. The number of hydrogen-bond acceptors (Lipinski definition) is 5. The summed E-state index contributed by atoms with van der Waals surface area (Å²) in [7, 11) is 0. The lowest BCUT2D eigenvalue weighted by molar-refractivity contribution is -0.137. The Morgan fingerprint density at radius 2 is 1.93 bits per heavy atom. The van der Waals surface area contributed by atoms with Gasteiger partial charge in [-0.2, -0.15) is 13.2 Å². The van der Waals surface area contributed by atoms with Gasteiger partial charge in [0.25, 0.3) is 5.91 Å². The summed E-state index contributed by atoms with van der Waals surface area (Å²) in [6.45, 7) is 0. The van der Waals surface area contributed by atoms with Crippen molar-refractivity contribution < 1.29 is 18.0 Å². The second kappa shape index (κ2) is 6.55. The van der Waals surface area contributed by atoms with Gasteiger partial charge in [-0.15, -0.1) is 5.10 Å². The number of amides is 1. The number of nitrogens with two attached hydrogens (primary N) is 1. The van der Waals surface area contributed by atoms with Crippen LogP contribution in [-0.2, 0) is 23.8 Å². The molecular formula is C18H13F3N6O. The van der Waals surface area contributed by atoms with E-state index in [-0.39, 0.29) is 11.4 Å². The second-order valence-corrected chi connectivity index (χ2v) is 6.24. The maximum absolute atomic E-state index is 13.2. The van der Waals surface area contributed by atoms with Crippen molar-refractivity contribution in [2.24, 2.45) is 5.73 Å². The molecule has 0 unspecified atom stereocenters. The van der Waals surface area contributed by atoms with Crippen LogP contribution in [0.15, 0.2) is 37.2 Å². The van der Waals surface area contributed by atoms with E-state index in [0.717, 1.165) is 11.6 Å². The molecule has 4 rings (SSSR count). The summed E-state index contributed by atoms with van der Waals surface area (Å²) in [4.78, 5) is 23.5. The topological polar surface area (TPSA) is 99.6 Å². The quantitative estimate of drug-likeness (QED) is 0.694. The Morgan fingerprint density at radius 1 is 1.18 bits per heavy atom. The van der Waals surface area contributed by atoms with Crippen LogP contribution in [0.25, 0.3) is 23.2 Å². The molecule has 1 amide bonds. The molecule has 0 atom stereocenters. The first-order chi connectivity index (χ1) is 13.3. The highest BCUT2D eigenvalue weighted by molar-refractivity contribution is 6.22. The second-order valence-electron chi connectivity index (χ2n) is 6.24. The lowest BCUT2D eigenvalue weighted by atomic mass is 9.83. The van der Waals surface area contributed by atoms with Crippen LogP contribution in [0.5, 0.6) is 0 Å². The molecule has 3 aromatic rings. The van der Waals surface area contributed by atoms with Crippen LogP contribution in [0.1, 0.15) is 22.3 Å². The Labute approximate surface area is 156 Å². The van der Waals surface area contributed by atoms with Crippen LogP contribution in [0, 0.1) is 0 Å². The Kier molecular flexibility index (Phi) is 4.17. The van der Waals surface area contributed by atoms with Crippen LogP contribution in [0.3, 0.4) is 0 Å². The van der Waals surface area contributed by atoms with Crippen molar-refractivity contribution in [3.8, 4) is 11.4 Å². The van der Waals surface area contributed by atoms with Gasteiger partial charge >= 0.3 is 6.18 Å². The molecule has 0 saturated heterocycles. The minimum Gasteiger partial charge on any atom is -0.366 e. The molecule has 0 bridgehead atoms. The summed E-state index contributed by atoms with van der Waals surface area (Å²) in [6, 6.07) is 2.22. The van der Waals surface area contributed by atoms with Crippen molar-refractivity contribution >= 4 is 17.7 Å². The number of rotatable bonds is 4. The van der Waals surface area contributed by atoms with E-state index in [9.17, 15) is 18.0 Å². The number of aromatic nitrogens is 5. The summed E-state index contributed by atoms with van der Waals surface area (Å²) >= 11 is 0. The van der Waals surface area contributed by atoms with E-state index in [2.05, 4.69) is 20.1 Å². The van der Waals surface area contributed by atoms with Crippen molar-refractivity contribution in [2.45, 2.75) is 19.0 Å². The van der Waals surface area contributed by atoms with Gasteiger partial charge in [0.2, 0.25) is 0 Å². The van der Waals surface area contributed by atoms with E-state index in [4.69, 9.17) is 5.73 Å². The molecule has 2 N–H and O–H groups in total. The molecule has 28 heavy (non-hydrogen) atoms. The fourth-order valence-corrected chi connectivity index (χ4v) is 3.01. The van der Waals surface area contributed by atoms with Crippen LogP contribution < -0.4 is 5.73 Å². The fraction of sp³-hybridized carbons (Fsp3) is 0.167. The van der Waals surface area contributed by atoms with Gasteiger partial charge in [0.15, 0.2) is 5.82 Å². The smallest absolute Gasteiger partial charge is 0.366 e. The predicted octanol–water partition coefficient (Wildman–Crippen LogP) is 2.34. The maximum Gasteiger partial charge on any atom is 0.416 e. The van der Waals surface area contributed by atoms with Gasteiger partial charge in [0.05, 0.1) is 11.1 Å². The Balaban J connectivity index is 1.75. The standard InChI is InChI=1S/C18H13F3N6O/c19-18(20,21)12-3-10-1-2-13(10)14(4-12)17-25-9-27(26-17)7-15(16(22)28)11-5-23-8-24-6-11/h3-9H,1-2H2,(H2,22,28)/b15-7+. The number of carbonyl (C=O) groups is 1. The third-order valence-electron chi connectivity index (χ3n) is 4.46. The SMILES string of the molecule is NC(=O)/C(=C/n1cnc(-c2cc(C(F)(F)F)cc3c2CC3)n1)c1cncnc1. The third kappa shape index (κ3) is 3.24. The molecule has 1 aliphatic carbocycles. The monoisotopic (exact) mass is 386 g/mol. The summed E-state index contributed by atoms with van der Waals surface area (Å²) < 4.78 is 40.7. The molecule has 1 aliphatic rings. The zero-order chi connectivity index (χ0) is 19.9. The summed E-state index contributed by atoms with van der Waals surface area (Å²) in [5.74, 6) is -0.582. The predicted molar refractivity (Wildman–Crippen MR) is 93.3 cm³/mol. The minimum atomic E-state index is -4.45. The Bertz CT molecular complexity index is 1090. The van der Waals surface area contributed by atoms with Crippen molar-refractivity contribution in [1.29, 1.82) is 0 Å². The third-order valence-corrected chi connectivity index (χ3v) is 4.46. The van der Waals surface area contributed by atoms with Gasteiger partial charge in [-0.3, -0.25) is 4.79 Å². The molecule has 0 saturated carbocycles. The van der Waals surface area contributed by atoms with E-state index >= 15 is 0 Å². The van der Waals surface area contributed by atoms with Gasteiger partial charge in [-0.1, -0.05) is 0 Å². The minimum absolute atomic E-state index is 0.0918. The first-order valence-corrected chi connectivity index (χ1v) is 8.24. The summed E-state index contributed by atoms with van der Waals surface area (Å²) in [6.07, 6.45) is 3.57. The fourth-order valence-electron chi connectivity index (χ4n) is 3.01. The first-order valence-electron chi connectivity index (χ1n) is 8.24. The molecule has 142 valence electrons. The molecule has 0 fully saturated rings. The number of aryl methyl sites for hydroxylation is 1. The molecule has 0 spiro atoms. The van der Waals surface area contributed by atoms with Gasteiger partial charge < -0.3 is 5.73 Å². The number of primary amides is 1. The van der Waals surface area contributed by atoms with Crippen LogP contribution >= 0.6 is 0 Å². The van der Waals surface area contributed by atoms with Crippen LogP contribution in [0.2, 0.25) is 0 Å². The molecule has 2 heterocycles. The highest BCUT2D eigenvalue weighted by Gasteiger charge is 2.34. The van der Waals surface area contributed by atoms with Gasteiger partial charge in [0.1, 0.15) is 12.7 Å². The van der Waals surface area contributed by atoms with E-state index in [0.29, 0.717) is 29.5 Å². The molecule has 7 nitrogen and oxygen atoms in total. The number of carbonyl (C=O) groups excluding carboxylic acids is 1. The van der Waals surface area contributed by atoms with Gasteiger partial charge in [-0.25, -0.2) is 19.6 Å². The molecule has 10 heteroatoms. The Morgan fingerprint density at radius 3 is 2.54 bits per heavy atom. The highest BCUT2D eigenvalue weighted by atomic mass is 19.4. The van der Waals surface area contributed by atoms with Crippen molar-refractivity contribution in [1.82, 2.24) is 24.7 Å². The number of hydrogen-bond donors (Lipinski definition) is 1. The van der Waals surface area contributed by atoms with Gasteiger partial charge in [0, 0.05) is 29.7 Å². The average Bonchev–Trinajstić information content (AvgIpc) is 3.08. The van der Waals surface area contributed by atoms with Crippen LogP contribution in [0.4, 0.5) is 13.2 Å². The van der Waals surface area contributed by atoms with Crippen LogP contribution in [-0.4, -0.2) is 30.6 Å². The number of halogens is 3. The maximum atomic E-state index is 13.2. The largest absolute Gasteiger partial charge is 0.416 e. The summed E-state index contributed by atoms with van der Waals surface area (Å²) in [5.41, 5.74) is 6.95. The van der Waals surface area contributed by atoms with E-state index in [1.54, 1.807) is 0 Å². The van der Waals surface area contributed by atoms with E-state index in [1.807, 2.05) is 0 Å². The van der Waals surface area contributed by atoms with Gasteiger partial charge in [-0.05, 0) is 36.1 Å². The Hall–Kier alpha value is -3.56. The summed E-state index contributed by atoms with van der Waals surface area (Å²) in [5, 5.41) is 4.20. The first kappa shape index (κ1) is 17.8. The van der Waals surface area contributed by atoms with Crippen molar-refractivity contribution in [3.63, 3.8) is 0 Å².